The number of azide groups is 1. The fourth-order valence-electron chi connectivity index (χ4n) is 5.31. The van der Waals surface area contributed by atoms with Gasteiger partial charge in [-0.15, -0.1) is 0 Å². The van der Waals surface area contributed by atoms with Crippen LogP contribution in [0.15, 0.2) is 84.0 Å². The first-order chi connectivity index (χ1) is 21.0. The molecule has 0 spiro atoms. The van der Waals surface area contributed by atoms with Crippen LogP contribution < -0.4 is 10.2 Å². The predicted octanol–water partition coefficient (Wildman–Crippen LogP) is 5.67. The summed E-state index contributed by atoms with van der Waals surface area (Å²) < 4.78 is 55.7. The SMILES string of the molecule is CCN1C(=O)[C@H](NC(=O)c2cccc(C(F)(F)F)c2)[C@H](c2ccc(F)cc2)c2c([C@H](O)CN=[N+]=[N-])nn(-c3ccccc3)c21. The van der Waals surface area contributed by atoms with Crippen LogP contribution in [-0.2, 0) is 11.0 Å². The Hall–Kier alpha value is -5.20. The van der Waals surface area contributed by atoms with Crippen molar-refractivity contribution in [1.29, 1.82) is 0 Å². The number of benzene rings is 3. The number of halogens is 4. The number of nitrogens with one attached hydrogen (secondary N) is 1. The number of aromatic nitrogens is 2. The van der Waals surface area contributed by atoms with Crippen molar-refractivity contribution in [3.8, 4) is 5.69 Å². The number of carbonyl (C=O) groups is 2. The van der Waals surface area contributed by atoms with Crippen molar-refractivity contribution in [2.24, 2.45) is 5.11 Å². The second-order valence-electron chi connectivity index (χ2n) is 9.94. The second-order valence-corrected chi connectivity index (χ2v) is 9.94. The van der Waals surface area contributed by atoms with Gasteiger partial charge in [-0.2, -0.15) is 18.3 Å². The predicted molar refractivity (Wildman–Crippen MR) is 152 cm³/mol. The molecule has 14 heteroatoms. The van der Waals surface area contributed by atoms with Gasteiger partial charge >= 0.3 is 6.18 Å². The molecule has 44 heavy (non-hydrogen) atoms. The van der Waals surface area contributed by atoms with E-state index in [1.165, 1.54) is 27.8 Å². The Kier molecular flexibility index (Phi) is 8.39. The van der Waals surface area contributed by atoms with Gasteiger partial charge in [0, 0.05) is 28.5 Å². The topological polar surface area (TPSA) is 136 Å². The number of aliphatic hydroxyl groups is 1. The van der Waals surface area contributed by atoms with Gasteiger partial charge in [-0.1, -0.05) is 41.5 Å². The number of aliphatic hydroxyl groups excluding tert-OH is 1. The maximum Gasteiger partial charge on any atom is 0.416 e. The molecule has 1 aliphatic heterocycles. The Morgan fingerprint density at radius 3 is 2.45 bits per heavy atom. The normalized spacial score (nSPS) is 17.0. The molecular formula is C30H25F4N7O3. The van der Waals surface area contributed by atoms with E-state index in [0.717, 1.165) is 24.3 Å². The van der Waals surface area contributed by atoms with Crippen molar-refractivity contribution >= 4 is 17.6 Å². The van der Waals surface area contributed by atoms with Gasteiger partial charge < -0.3 is 10.4 Å². The molecule has 3 aromatic carbocycles. The Balaban J connectivity index is 1.73. The van der Waals surface area contributed by atoms with Crippen LogP contribution in [0.1, 0.15) is 51.7 Å². The van der Waals surface area contributed by atoms with Gasteiger partial charge in [-0.3, -0.25) is 14.5 Å². The highest BCUT2D eigenvalue weighted by Crippen LogP contribution is 2.45. The van der Waals surface area contributed by atoms with Crippen LogP contribution in [0, 0.1) is 5.82 Å². The van der Waals surface area contributed by atoms with Crippen LogP contribution >= 0.6 is 0 Å². The van der Waals surface area contributed by atoms with Crippen molar-refractivity contribution in [2.75, 3.05) is 18.0 Å². The molecule has 0 unspecified atom stereocenters. The van der Waals surface area contributed by atoms with Gasteiger partial charge in [-0.25, -0.2) is 9.07 Å². The fraction of sp³-hybridized carbons (Fsp3) is 0.233. The maximum absolute atomic E-state index is 14.2. The van der Waals surface area contributed by atoms with E-state index < -0.39 is 54.0 Å². The zero-order valence-corrected chi connectivity index (χ0v) is 23.1. The van der Waals surface area contributed by atoms with Crippen LogP contribution in [0.3, 0.4) is 0 Å². The number of para-hydroxylation sites is 1. The summed E-state index contributed by atoms with van der Waals surface area (Å²) in [6.07, 6.45) is -6.15. The number of amides is 2. The summed E-state index contributed by atoms with van der Waals surface area (Å²) in [6.45, 7) is 1.36. The number of fused-ring (bicyclic) bond motifs is 1. The number of rotatable bonds is 8. The van der Waals surface area contributed by atoms with E-state index in [2.05, 4.69) is 20.4 Å². The minimum Gasteiger partial charge on any atom is -0.387 e. The van der Waals surface area contributed by atoms with Crippen molar-refractivity contribution in [1.82, 2.24) is 15.1 Å². The lowest BCUT2D eigenvalue weighted by molar-refractivity contribution is -0.137. The van der Waals surface area contributed by atoms with Crippen LogP contribution in [0.2, 0.25) is 0 Å². The quantitative estimate of drug-likeness (QED) is 0.115. The number of hydrogen-bond donors (Lipinski definition) is 2. The molecule has 1 aromatic heterocycles. The highest BCUT2D eigenvalue weighted by atomic mass is 19.4. The molecule has 0 radical (unpaired) electrons. The monoisotopic (exact) mass is 607 g/mol. The lowest BCUT2D eigenvalue weighted by Crippen LogP contribution is -2.55. The molecule has 10 nitrogen and oxygen atoms in total. The van der Waals surface area contributed by atoms with E-state index in [0.29, 0.717) is 17.3 Å². The van der Waals surface area contributed by atoms with E-state index in [1.54, 1.807) is 37.3 Å². The summed E-state index contributed by atoms with van der Waals surface area (Å²) >= 11 is 0. The lowest BCUT2D eigenvalue weighted by atomic mass is 9.80. The first-order valence-corrected chi connectivity index (χ1v) is 13.5. The third kappa shape index (κ3) is 5.72. The Morgan fingerprint density at radius 2 is 1.82 bits per heavy atom. The molecule has 0 fully saturated rings. The van der Waals surface area contributed by atoms with Crippen molar-refractivity contribution in [3.05, 3.63) is 123 Å². The van der Waals surface area contributed by atoms with Crippen molar-refractivity contribution in [3.63, 3.8) is 0 Å². The minimum atomic E-state index is -4.70. The van der Waals surface area contributed by atoms with Crippen molar-refractivity contribution < 1.29 is 32.3 Å². The molecule has 4 aromatic rings. The van der Waals surface area contributed by atoms with E-state index in [-0.39, 0.29) is 29.2 Å². The van der Waals surface area contributed by atoms with E-state index in [1.807, 2.05) is 0 Å². The van der Waals surface area contributed by atoms with E-state index in [4.69, 9.17) is 5.53 Å². The van der Waals surface area contributed by atoms with E-state index in [9.17, 15) is 32.3 Å². The third-order valence-electron chi connectivity index (χ3n) is 7.28. The molecule has 3 atom stereocenters. The molecule has 0 aliphatic carbocycles. The summed E-state index contributed by atoms with van der Waals surface area (Å²) in [5, 5.41) is 21.9. The highest BCUT2D eigenvalue weighted by molar-refractivity contribution is 6.05. The summed E-state index contributed by atoms with van der Waals surface area (Å²) in [5.74, 6) is -2.95. The second kappa shape index (κ2) is 12.2. The summed E-state index contributed by atoms with van der Waals surface area (Å²) in [4.78, 5) is 31.7. The number of likely N-dealkylation sites (N-methyl/N-ethyl adjacent to an activating group) is 1. The van der Waals surface area contributed by atoms with Gasteiger partial charge in [0.2, 0.25) is 0 Å². The molecule has 1 aliphatic rings. The molecule has 2 heterocycles. The van der Waals surface area contributed by atoms with Crippen LogP contribution in [0.5, 0.6) is 0 Å². The smallest absolute Gasteiger partial charge is 0.387 e. The number of nitrogens with zero attached hydrogens (tertiary/aromatic N) is 6. The van der Waals surface area contributed by atoms with Gasteiger partial charge in [0.1, 0.15) is 23.8 Å². The average molecular weight is 608 g/mol. The zero-order chi connectivity index (χ0) is 31.6. The van der Waals surface area contributed by atoms with Gasteiger partial charge in [0.05, 0.1) is 23.5 Å². The van der Waals surface area contributed by atoms with Gasteiger partial charge in [0.15, 0.2) is 0 Å². The number of anilines is 1. The van der Waals surface area contributed by atoms with Crippen LogP contribution in [0.25, 0.3) is 16.1 Å². The molecule has 5 rings (SSSR count). The third-order valence-corrected chi connectivity index (χ3v) is 7.28. The number of carbonyl (C=O) groups excluding carboxylic acids is 2. The molecule has 226 valence electrons. The van der Waals surface area contributed by atoms with Gasteiger partial charge in [-0.05, 0) is 60.5 Å². The summed E-state index contributed by atoms with van der Waals surface area (Å²) in [5.41, 5.74) is 8.73. The van der Waals surface area contributed by atoms with Crippen LogP contribution in [0.4, 0.5) is 23.4 Å². The Labute approximate surface area is 248 Å². The number of hydrogen-bond acceptors (Lipinski definition) is 5. The van der Waals surface area contributed by atoms with Crippen LogP contribution in [-0.4, -0.2) is 45.8 Å². The zero-order valence-electron chi connectivity index (χ0n) is 23.1. The first-order valence-electron chi connectivity index (χ1n) is 13.5. The first kappa shape index (κ1) is 30.3. The van der Waals surface area contributed by atoms with Crippen molar-refractivity contribution in [2.45, 2.75) is 31.2 Å². The molecular weight excluding hydrogens is 582 g/mol. The number of alkyl halides is 3. The van der Waals surface area contributed by atoms with E-state index >= 15 is 0 Å². The molecule has 0 saturated carbocycles. The fourth-order valence-corrected chi connectivity index (χ4v) is 5.31. The Morgan fingerprint density at radius 1 is 1.11 bits per heavy atom. The maximum atomic E-state index is 14.2. The molecule has 0 saturated heterocycles. The largest absolute Gasteiger partial charge is 0.416 e. The highest BCUT2D eigenvalue weighted by Gasteiger charge is 2.47. The minimum absolute atomic E-state index is 0.0369. The molecule has 2 N–H and O–H groups in total. The molecule has 2 amide bonds. The summed E-state index contributed by atoms with van der Waals surface area (Å²) in [7, 11) is 0. The standard InChI is InChI=1S/C30H25F4N7O3/c1-2-40-28-24(25(22(42)16-36-39-35)38-41(28)21-9-4-3-5-10-21)23(17-11-13-20(31)14-12-17)26(29(40)44)37-27(43)18-7-6-8-19(15-18)30(32,33)34/h3-15,22-23,26,42H,2,16H2,1H3,(H,37,43)/t22-,23-,26-/m1/s1. The molecule has 0 bridgehead atoms. The summed E-state index contributed by atoms with van der Waals surface area (Å²) in [6, 6.07) is 16.2. The van der Waals surface area contributed by atoms with Gasteiger partial charge in [0.25, 0.3) is 11.8 Å². The lowest BCUT2D eigenvalue weighted by Gasteiger charge is -2.38. The Bertz CT molecular complexity index is 1740. The average Bonchev–Trinajstić information content (AvgIpc) is 3.41.